The summed E-state index contributed by atoms with van der Waals surface area (Å²) in [5, 5.41) is 8.85. The summed E-state index contributed by atoms with van der Waals surface area (Å²) in [6, 6.07) is 0. The molecule has 1 fully saturated rings. The lowest BCUT2D eigenvalue weighted by atomic mass is 9.80. The molecule has 0 aromatic rings. The van der Waals surface area contributed by atoms with Crippen molar-refractivity contribution in [3.05, 3.63) is 0 Å². The van der Waals surface area contributed by atoms with Crippen molar-refractivity contribution in [2.45, 2.75) is 32.3 Å². The number of aliphatic hydroxyl groups is 1. The minimum atomic E-state index is -0.306. The monoisotopic (exact) mass is 128 g/mol. The molecule has 1 rings (SSSR count). The highest BCUT2D eigenvalue weighted by Crippen LogP contribution is 2.26. The smallest absolute Gasteiger partial charge is 0.136 e. The Hall–Kier alpha value is -0.370. The van der Waals surface area contributed by atoms with Gasteiger partial charge >= 0.3 is 0 Å². The fourth-order valence-electron chi connectivity index (χ4n) is 1.13. The van der Waals surface area contributed by atoms with Crippen LogP contribution in [-0.2, 0) is 4.79 Å². The van der Waals surface area contributed by atoms with Crippen LogP contribution in [0.5, 0.6) is 0 Å². The average molecular weight is 128 g/mol. The maximum absolute atomic E-state index is 10.7. The molecule has 0 aromatic heterocycles. The molecule has 1 aliphatic carbocycles. The molecule has 0 spiro atoms. The zero-order valence-corrected chi connectivity index (χ0v) is 5.63. The number of carbonyl (C=O) groups excluding carboxylic acids is 1. The van der Waals surface area contributed by atoms with Gasteiger partial charge in [0.05, 0.1) is 6.10 Å². The Labute approximate surface area is 54.9 Å². The second-order valence-electron chi connectivity index (χ2n) is 2.79. The molecular formula is C7H12O2. The summed E-state index contributed by atoms with van der Waals surface area (Å²) < 4.78 is 0. The van der Waals surface area contributed by atoms with Crippen molar-refractivity contribution in [3.8, 4) is 0 Å². The fraction of sp³-hybridized carbons (Fsp3) is 0.857. The van der Waals surface area contributed by atoms with E-state index < -0.39 is 0 Å². The third kappa shape index (κ3) is 1.52. The van der Waals surface area contributed by atoms with E-state index in [2.05, 4.69) is 0 Å². The van der Waals surface area contributed by atoms with Crippen molar-refractivity contribution in [2.75, 3.05) is 0 Å². The van der Waals surface area contributed by atoms with Gasteiger partial charge in [-0.1, -0.05) is 0 Å². The van der Waals surface area contributed by atoms with Crippen LogP contribution in [-0.4, -0.2) is 17.0 Å². The summed E-state index contributed by atoms with van der Waals surface area (Å²) in [6.07, 6.45) is 2.08. The van der Waals surface area contributed by atoms with E-state index in [4.69, 9.17) is 5.11 Å². The molecule has 0 bridgehead atoms. The lowest BCUT2D eigenvalue weighted by Gasteiger charge is -2.24. The van der Waals surface area contributed by atoms with E-state index in [1.807, 2.05) is 0 Å². The largest absolute Gasteiger partial charge is 0.393 e. The van der Waals surface area contributed by atoms with Crippen molar-refractivity contribution in [1.29, 1.82) is 0 Å². The van der Waals surface area contributed by atoms with E-state index in [1.54, 1.807) is 6.92 Å². The van der Waals surface area contributed by atoms with Gasteiger partial charge in [-0.25, -0.2) is 0 Å². The van der Waals surface area contributed by atoms with Crippen LogP contribution in [0.25, 0.3) is 0 Å². The molecule has 0 heterocycles. The normalized spacial score (nSPS) is 29.6. The number of Topliss-reactive ketones (excluding diaryl/α,β-unsaturated/α-hetero) is 1. The van der Waals surface area contributed by atoms with E-state index in [-0.39, 0.29) is 12.0 Å². The number of aliphatic hydroxyl groups excluding tert-OH is 1. The molecule has 0 aliphatic heterocycles. The first-order valence-corrected chi connectivity index (χ1v) is 3.41. The molecule has 2 heteroatoms. The van der Waals surface area contributed by atoms with Crippen LogP contribution in [0.2, 0.25) is 0 Å². The number of hydrogen-bond acceptors (Lipinski definition) is 2. The van der Waals surface area contributed by atoms with Gasteiger partial charge in [0.2, 0.25) is 0 Å². The highest BCUT2D eigenvalue weighted by atomic mass is 16.3. The van der Waals surface area contributed by atoms with E-state index in [1.165, 1.54) is 0 Å². The Morgan fingerprint density at radius 1 is 1.89 bits per heavy atom. The first-order chi connectivity index (χ1) is 4.20. The summed E-state index contributed by atoms with van der Waals surface area (Å²) in [5.41, 5.74) is 0. The average Bonchev–Trinajstić information content (AvgIpc) is 1.79. The van der Waals surface area contributed by atoms with Crippen molar-refractivity contribution >= 4 is 5.78 Å². The van der Waals surface area contributed by atoms with Gasteiger partial charge in [0.15, 0.2) is 0 Å². The van der Waals surface area contributed by atoms with Crippen LogP contribution < -0.4 is 0 Å². The van der Waals surface area contributed by atoms with Crippen molar-refractivity contribution in [3.63, 3.8) is 0 Å². The lowest BCUT2D eigenvalue weighted by molar-refractivity contribution is -0.130. The van der Waals surface area contributed by atoms with Gasteiger partial charge in [-0.05, 0) is 19.8 Å². The summed E-state index contributed by atoms with van der Waals surface area (Å²) in [6.45, 7) is 1.73. The molecule has 0 saturated heterocycles. The van der Waals surface area contributed by atoms with E-state index >= 15 is 0 Å². The molecule has 1 aliphatic rings. The summed E-state index contributed by atoms with van der Waals surface area (Å²) in [7, 11) is 0. The Kier molecular flexibility index (Phi) is 1.86. The molecule has 2 unspecified atom stereocenters. The second-order valence-corrected chi connectivity index (χ2v) is 2.79. The number of ketones is 1. The molecule has 9 heavy (non-hydrogen) atoms. The number of carbonyl (C=O) groups is 1. The fourth-order valence-corrected chi connectivity index (χ4v) is 1.13. The Morgan fingerprint density at radius 3 is 2.67 bits per heavy atom. The maximum Gasteiger partial charge on any atom is 0.136 e. The third-order valence-corrected chi connectivity index (χ3v) is 1.82. The predicted octanol–water partition coefficient (Wildman–Crippen LogP) is 0.736. The molecule has 1 saturated carbocycles. The minimum absolute atomic E-state index is 0.185. The third-order valence-electron chi connectivity index (χ3n) is 1.82. The predicted molar refractivity (Wildman–Crippen MR) is 34.0 cm³/mol. The van der Waals surface area contributed by atoms with E-state index in [9.17, 15) is 4.79 Å². The van der Waals surface area contributed by atoms with Crippen LogP contribution in [0.3, 0.4) is 0 Å². The number of rotatable bonds is 2. The zero-order valence-electron chi connectivity index (χ0n) is 5.63. The van der Waals surface area contributed by atoms with Gasteiger partial charge in [-0.2, -0.15) is 0 Å². The van der Waals surface area contributed by atoms with Gasteiger partial charge in [-0.15, -0.1) is 0 Å². The van der Waals surface area contributed by atoms with Gasteiger partial charge < -0.3 is 5.11 Å². The molecular weight excluding hydrogens is 116 g/mol. The zero-order chi connectivity index (χ0) is 6.85. The Balaban J connectivity index is 2.21. The van der Waals surface area contributed by atoms with E-state index in [0.29, 0.717) is 12.2 Å². The lowest BCUT2D eigenvalue weighted by Crippen LogP contribution is -2.28. The van der Waals surface area contributed by atoms with Gasteiger partial charge in [0.25, 0.3) is 0 Å². The molecule has 2 nitrogen and oxygen atoms in total. The first-order valence-electron chi connectivity index (χ1n) is 3.41. The molecule has 0 radical (unpaired) electrons. The summed E-state index contributed by atoms with van der Waals surface area (Å²) >= 11 is 0. The van der Waals surface area contributed by atoms with Crippen molar-refractivity contribution in [2.24, 2.45) is 5.92 Å². The Bertz CT molecular complexity index is 118. The maximum atomic E-state index is 10.7. The first kappa shape index (κ1) is 6.75. The van der Waals surface area contributed by atoms with Gasteiger partial charge in [0, 0.05) is 12.3 Å². The summed E-state index contributed by atoms with van der Waals surface area (Å²) in [5.74, 6) is 0.515. The van der Waals surface area contributed by atoms with Crippen molar-refractivity contribution < 1.29 is 9.90 Å². The van der Waals surface area contributed by atoms with Gasteiger partial charge in [-0.3, -0.25) is 4.79 Å². The molecule has 52 valence electrons. The van der Waals surface area contributed by atoms with Crippen LogP contribution in [0.4, 0.5) is 0 Å². The van der Waals surface area contributed by atoms with Crippen LogP contribution in [0.1, 0.15) is 26.2 Å². The molecule has 0 aromatic carbocycles. The topological polar surface area (TPSA) is 37.3 Å². The number of hydrogen-bond donors (Lipinski definition) is 1. The van der Waals surface area contributed by atoms with E-state index in [0.717, 1.165) is 12.8 Å². The molecule has 2 atom stereocenters. The second kappa shape index (κ2) is 2.48. The highest BCUT2D eigenvalue weighted by Gasteiger charge is 2.28. The molecule has 0 amide bonds. The van der Waals surface area contributed by atoms with Gasteiger partial charge in [0.1, 0.15) is 5.78 Å². The van der Waals surface area contributed by atoms with Crippen LogP contribution in [0, 0.1) is 5.92 Å². The van der Waals surface area contributed by atoms with Crippen LogP contribution >= 0.6 is 0 Å². The minimum Gasteiger partial charge on any atom is -0.393 e. The van der Waals surface area contributed by atoms with Crippen LogP contribution in [0.15, 0.2) is 0 Å². The summed E-state index contributed by atoms with van der Waals surface area (Å²) in [4.78, 5) is 10.7. The standard InChI is InChI=1S/C7H12O2/c1-5(8)4-6-2-3-7(6)9/h5-6,8H,2-4H2,1H3. The quantitative estimate of drug-likeness (QED) is 0.595. The Morgan fingerprint density at radius 2 is 2.56 bits per heavy atom. The SMILES string of the molecule is CC(O)CC1CCC1=O. The highest BCUT2D eigenvalue weighted by molar-refractivity contribution is 5.86. The molecule has 1 N–H and O–H groups in total. The van der Waals surface area contributed by atoms with Crippen molar-refractivity contribution in [1.82, 2.24) is 0 Å².